The minimum absolute atomic E-state index is 0.409. The van der Waals surface area contributed by atoms with Crippen LogP contribution in [0.2, 0.25) is 0 Å². The van der Waals surface area contributed by atoms with Gasteiger partial charge < -0.3 is 11.1 Å². The van der Waals surface area contributed by atoms with E-state index < -0.39 is 0 Å². The van der Waals surface area contributed by atoms with Crippen molar-refractivity contribution in [3.05, 3.63) is 57.2 Å². The third-order valence-electron chi connectivity index (χ3n) is 2.67. The largest absolute Gasteiger partial charge is 0.389 e. The summed E-state index contributed by atoms with van der Waals surface area (Å²) in [5.74, 6) is 0. The van der Waals surface area contributed by atoms with Gasteiger partial charge in [-0.05, 0) is 53.3 Å². The van der Waals surface area contributed by atoms with Crippen LogP contribution >= 0.6 is 34.8 Å². The van der Waals surface area contributed by atoms with E-state index in [0.29, 0.717) is 4.99 Å². The fraction of sp³-hybridized carbons (Fsp3) is 0.0714. The lowest BCUT2D eigenvalue weighted by molar-refractivity contribution is 1.41. The molecule has 0 heterocycles. The maximum absolute atomic E-state index is 5.76. The number of anilines is 2. The molecular formula is C14H13IN2S. The Labute approximate surface area is 126 Å². The fourth-order valence-electron chi connectivity index (χ4n) is 1.74. The first kappa shape index (κ1) is 13.3. The SMILES string of the molecule is Cc1cccc(C(N)=S)c1Nc1ccccc1I. The number of nitrogens with two attached hydrogens (primary N) is 1. The summed E-state index contributed by atoms with van der Waals surface area (Å²) in [6.45, 7) is 2.04. The molecule has 3 N–H and O–H groups in total. The lowest BCUT2D eigenvalue weighted by Crippen LogP contribution is -2.12. The zero-order valence-electron chi connectivity index (χ0n) is 9.91. The minimum Gasteiger partial charge on any atom is -0.389 e. The van der Waals surface area contributed by atoms with Crippen LogP contribution in [0.5, 0.6) is 0 Å². The van der Waals surface area contributed by atoms with Crippen LogP contribution in [0.1, 0.15) is 11.1 Å². The van der Waals surface area contributed by atoms with Crippen LogP contribution in [0.4, 0.5) is 11.4 Å². The Hall–Kier alpha value is -1.14. The van der Waals surface area contributed by atoms with Gasteiger partial charge in [-0.2, -0.15) is 0 Å². The quantitative estimate of drug-likeness (QED) is 0.636. The smallest absolute Gasteiger partial charge is 0.106 e. The van der Waals surface area contributed by atoms with Crippen molar-refractivity contribution in [3.8, 4) is 0 Å². The number of rotatable bonds is 3. The van der Waals surface area contributed by atoms with E-state index in [0.717, 1.165) is 26.1 Å². The molecule has 0 fully saturated rings. The van der Waals surface area contributed by atoms with E-state index >= 15 is 0 Å². The summed E-state index contributed by atoms with van der Waals surface area (Å²) in [4.78, 5) is 0.409. The molecular weight excluding hydrogens is 355 g/mol. The average Bonchev–Trinajstić information content (AvgIpc) is 2.34. The predicted octanol–water partition coefficient (Wildman–Crippen LogP) is 3.98. The second-order valence-corrected chi connectivity index (χ2v) is 5.57. The van der Waals surface area contributed by atoms with E-state index in [4.69, 9.17) is 18.0 Å². The van der Waals surface area contributed by atoms with Gasteiger partial charge in [0.05, 0.1) is 11.4 Å². The highest BCUT2D eigenvalue weighted by molar-refractivity contribution is 14.1. The standard InChI is InChI=1S/C14H13IN2S/c1-9-5-4-6-10(14(16)18)13(9)17-12-8-3-2-7-11(12)15/h2-8,17H,1H3,(H2,16,18). The zero-order chi connectivity index (χ0) is 13.1. The molecule has 0 amide bonds. The molecule has 0 unspecified atom stereocenters. The number of para-hydroxylation sites is 2. The van der Waals surface area contributed by atoms with Gasteiger partial charge in [-0.3, -0.25) is 0 Å². The Kier molecular flexibility index (Phi) is 4.19. The van der Waals surface area contributed by atoms with Gasteiger partial charge in [0.15, 0.2) is 0 Å². The van der Waals surface area contributed by atoms with E-state index in [1.165, 1.54) is 0 Å². The molecule has 2 aromatic carbocycles. The van der Waals surface area contributed by atoms with Crippen molar-refractivity contribution in [3.63, 3.8) is 0 Å². The van der Waals surface area contributed by atoms with Crippen molar-refractivity contribution in [1.82, 2.24) is 0 Å². The normalized spacial score (nSPS) is 10.1. The molecule has 2 nitrogen and oxygen atoms in total. The molecule has 0 atom stereocenters. The van der Waals surface area contributed by atoms with Crippen molar-refractivity contribution < 1.29 is 0 Å². The molecule has 2 aromatic rings. The van der Waals surface area contributed by atoms with Crippen molar-refractivity contribution in [2.45, 2.75) is 6.92 Å². The van der Waals surface area contributed by atoms with Crippen LogP contribution in [0.3, 0.4) is 0 Å². The summed E-state index contributed by atoms with van der Waals surface area (Å²) < 4.78 is 1.16. The van der Waals surface area contributed by atoms with Gasteiger partial charge in [0.1, 0.15) is 4.99 Å². The van der Waals surface area contributed by atoms with Crippen molar-refractivity contribution in [2.75, 3.05) is 5.32 Å². The van der Waals surface area contributed by atoms with Crippen molar-refractivity contribution >= 4 is 51.2 Å². The first-order chi connectivity index (χ1) is 8.59. The lowest BCUT2D eigenvalue weighted by Gasteiger charge is -2.15. The van der Waals surface area contributed by atoms with E-state index in [-0.39, 0.29) is 0 Å². The van der Waals surface area contributed by atoms with Gasteiger partial charge >= 0.3 is 0 Å². The number of hydrogen-bond donors (Lipinski definition) is 2. The molecule has 0 aliphatic rings. The summed E-state index contributed by atoms with van der Waals surface area (Å²) in [5, 5.41) is 3.42. The molecule has 0 aliphatic carbocycles. The van der Waals surface area contributed by atoms with E-state index in [2.05, 4.69) is 34.0 Å². The van der Waals surface area contributed by atoms with Crippen molar-refractivity contribution in [1.29, 1.82) is 0 Å². The molecule has 2 rings (SSSR count). The Morgan fingerprint density at radius 2 is 1.89 bits per heavy atom. The average molecular weight is 368 g/mol. The summed E-state index contributed by atoms with van der Waals surface area (Å²) in [5.41, 5.74) is 9.81. The van der Waals surface area contributed by atoms with E-state index in [9.17, 15) is 0 Å². The van der Waals surface area contributed by atoms with Gasteiger partial charge in [-0.15, -0.1) is 0 Å². The molecule has 0 saturated carbocycles. The van der Waals surface area contributed by atoms with Gasteiger partial charge in [0.25, 0.3) is 0 Å². The zero-order valence-corrected chi connectivity index (χ0v) is 12.9. The van der Waals surface area contributed by atoms with Gasteiger partial charge in [0.2, 0.25) is 0 Å². The van der Waals surface area contributed by atoms with Gasteiger partial charge in [-0.25, -0.2) is 0 Å². The van der Waals surface area contributed by atoms with Crippen LogP contribution in [0, 0.1) is 10.5 Å². The maximum Gasteiger partial charge on any atom is 0.106 e. The monoisotopic (exact) mass is 368 g/mol. The Morgan fingerprint density at radius 3 is 2.56 bits per heavy atom. The highest BCUT2D eigenvalue weighted by atomic mass is 127. The highest BCUT2D eigenvalue weighted by Gasteiger charge is 2.09. The second-order valence-electron chi connectivity index (χ2n) is 3.97. The summed E-state index contributed by atoms with van der Waals surface area (Å²) in [6, 6.07) is 14.1. The lowest BCUT2D eigenvalue weighted by atomic mass is 10.1. The molecule has 0 bridgehead atoms. The molecule has 0 radical (unpaired) electrons. The first-order valence-electron chi connectivity index (χ1n) is 5.50. The number of hydrogen-bond acceptors (Lipinski definition) is 2. The second kappa shape index (κ2) is 5.67. The topological polar surface area (TPSA) is 38.0 Å². The molecule has 0 aromatic heterocycles. The number of halogens is 1. The summed E-state index contributed by atoms with van der Waals surface area (Å²) >= 11 is 7.40. The fourth-order valence-corrected chi connectivity index (χ4v) is 2.43. The predicted molar refractivity (Wildman–Crippen MR) is 89.5 cm³/mol. The summed E-state index contributed by atoms with van der Waals surface area (Å²) in [7, 11) is 0. The van der Waals surface area contributed by atoms with Crippen LogP contribution < -0.4 is 11.1 Å². The van der Waals surface area contributed by atoms with Crippen LogP contribution in [-0.4, -0.2) is 4.99 Å². The number of nitrogens with one attached hydrogen (secondary N) is 1. The van der Waals surface area contributed by atoms with E-state index in [1.807, 2.05) is 43.3 Å². The Morgan fingerprint density at radius 1 is 1.17 bits per heavy atom. The third-order valence-corrected chi connectivity index (χ3v) is 3.83. The summed E-state index contributed by atoms with van der Waals surface area (Å²) in [6.07, 6.45) is 0. The number of benzene rings is 2. The first-order valence-corrected chi connectivity index (χ1v) is 6.99. The molecule has 4 heteroatoms. The van der Waals surface area contributed by atoms with Gasteiger partial charge in [0, 0.05) is 9.13 Å². The van der Waals surface area contributed by atoms with Crippen LogP contribution in [-0.2, 0) is 0 Å². The minimum atomic E-state index is 0.409. The van der Waals surface area contributed by atoms with Crippen LogP contribution in [0.25, 0.3) is 0 Å². The number of thiocarbonyl (C=S) groups is 1. The molecule has 18 heavy (non-hydrogen) atoms. The van der Waals surface area contributed by atoms with Gasteiger partial charge in [-0.1, -0.05) is 36.5 Å². The van der Waals surface area contributed by atoms with Crippen LogP contribution in [0.15, 0.2) is 42.5 Å². The maximum atomic E-state index is 5.76. The highest BCUT2D eigenvalue weighted by Crippen LogP contribution is 2.27. The molecule has 0 spiro atoms. The van der Waals surface area contributed by atoms with Crippen molar-refractivity contribution in [2.24, 2.45) is 5.73 Å². The molecule has 92 valence electrons. The molecule has 0 aliphatic heterocycles. The molecule has 0 saturated heterocycles. The Balaban J connectivity index is 2.46. The third kappa shape index (κ3) is 2.81. The Bertz CT molecular complexity index is 596. The van der Waals surface area contributed by atoms with E-state index in [1.54, 1.807) is 0 Å². The number of aryl methyl sites for hydroxylation is 1.